The zero-order chi connectivity index (χ0) is 16.9. The van der Waals surface area contributed by atoms with Crippen LogP contribution >= 0.6 is 11.8 Å². The van der Waals surface area contributed by atoms with E-state index in [4.69, 9.17) is 9.84 Å². The van der Waals surface area contributed by atoms with E-state index in [-0.39, 0.29) is 5.41 Å². The molecule has 2 atom stereocenters. The molecular formula is C16H25NO4S. The Morgan fingerprint density at radius 2 is 2.05 bits per heavy atom. The van der Waals surface area contributed by atoms with E-state index in [1.807, 2.05) is 33.1 Å². The lowest BCUT2D eigenvalue weighted by atomic mass is 9.84. The van der Waals surface area contributed by atoms with Crippen LogP contribution in [-0.4, -0.2) is 35.7 Å². The van der Waals surface area contributed by atoms with Gasteiger partial charge in [-0.2, -0.15) is 0 Å². The number of amides is 1. The van der Waals surface area contributed by atoms with Gasteiger partial charge in [0.05, 0.1) is 19.3 Å². The molecule has 0 aliphatic carbocycles. The van der Waals surface area contributed by atoms with Crippen LogP contribution in [0.25, 0.3) is 0 Å². The van der Waals surface area contributed by atoms with Crippen molar-refractivity contribution < 1.29 is 19.7 Å². The highest BCUT2D eigenvalue weighted by atomic mass is 32.2. The van der Waals surface area contributed by atoms with Gasteiger partial charge in [0, 0.05) is 4.90 Å². The van der Waals surface area contributed by atoms with Gasteiger partial charge in [0.25, 0.3) is 0 Å². The summed E-state index contributed by atoms with van der Waals surface area (Å²) in [5, 5.41) is 22.0. The second kappa shape index (κ2) is 7.74. The van der Waals surface area contributed by atoms with Crippen LogP contribution in [0, 0.1) is 5.41 Å². The molecule has 0 aromatic heterocycles. The van der Waals surface area contributed by atoms with Crippen LogP contribution in [0.4, 0.5) is 4.79 Å². The molecule has 0 heterocycles. The van der Waals surface area contributed by atoms with Crippen molar-refractivity contribution in [3.63, 3.8) is 0 Å². The van der Waals surface area contributed by atoms with Crippen molar-refractivity contribution in [3.8, 4) is 5.75 Å². The Bertz CT molecular complexity index is 513. The number of rotatable bonds is 6. The van der Waals surface area contributed by atoms with Crippen LogP contribution in [0.2, 0.25) is 0 Å². The van der Waals surface area contributed by atoms with Crippen molar-refractivity contribution in [1.82, 2.24) is 5.32 Å². The zero-order valence-electron chi connectivity index (χ0n) is 13.7. The van der Waals surface area contributed by atoms with Gasteiger partial charge in [-0.3, -0.25) is 0 Å². The highest BCUT2D eigenvalue weighted by Gasteiger charge is 2.28. The Morgan fingerprint density at radius 1 is 1.41 bits per heavy atom. The van der Waals surface area contributed by atoms with E-state index in [0.717, 1.165) is 4.90 Å². The fraction of sp³-hybridized carbons (Fsp3) is 0.562. The number of carboxylic acid groups (broad SMARTS) is 1. The molecule has 0 fully saturated rings. The van der Waals surface area contributed by atoms with Crippen molar-refractivity contribution in [3.05, 3.63) is 23.8 Å². The number of benzene rings is 1. The van der Waals surface area contributed by atoms with E-state index in [1.165, 1.54) is 0 Å². The minimum absolute atomic E-state index is 0.114. The second-order valence-electron chi connectivity index (χ2n) is 6.38. The van der Waals surface area contributed by atoms with E-state index in [1.54, 1.807) is 31.0 Å². The molecule has 0 radical (unpaired) electrons. The maximum atomic E-state index is 11.0. The van der Waals surface area contributed by atoms with Crippen molar-refractivity contribution in [1.29, 1.82) is 0 Å². The summed E-state index contributed by atoms with van der Waals surface area (Å²) in [7, 11) is 1.58. The van der Waals surface area contributed by atoms with Crippen molar-refractivity contribution in [2.45, 2.75) is 44.2 Å². The Morgan fingerprint density at radius 3 is 2.50 bits per heavy atom. The number of hydrogen-bond acceptors (Lipinski definition) is 4. The van der Waals surface area contributed by atoms with Crippen LogP contribution in [0.1, 0.15) is 38.9 Å². The lowest BCUT2D eigenvalue weighted by Gasteiger charge is -2.30. The fourth-order valence-electron chi connectivity index (χ4n) is 2.33. The predicted molar refractivity (Wildman–Crippen MR) is 88.8 cm³/mol. The monoisotopic (exact) mass is 327 g/mol. The summed E-state index contributed by atoms with van der Waals surface area (Å²) in [4.78, 5) is 12.0. The smallest absolute Gasteiger partial charge is 0.404 e. The molecule has 1 unspecified atom stereocenters. The third-order valence-electron chi connectivity index (χ3n) is 3.27. The molecule has 0 saturated carbocycles. The minimum atomic E-state index is -1.14. The first kappa shape index (κ1) is 18.6. The molecule has 0 bridgehead atoms. The first-order valence-corrected chi connectivity index (χ1v) is 8.30. The molecular weight excluding hydrogens is 302 g/mol. The summed E-state index contributed by atoms with van der Waals surface area (Å²) in [5.41, 5.74) is 0.523. The van der Waals surface area contributed by atoms with Gasteiger partial charge >= 0.3 is 6.09 Å². The summed E-state index contributed by atoms with van der Waals surface area (Å²) >= 11 is 1.55. The third kappa shape index (κ3) is 5.42. The molecule has 0 aliphatic rings. The van der Waals surface area contributed by atoms with Crippen molar-refractivity contribution in [2.24, 2.45) is 5.41 Å². The minimum Gasteiger partial charge on any atom is -0.496 e. The molecule has 6 heteroatoms. The molecule has 1 aromatic carbocycles. The average Bonchev–Trinajstić information content (AvgIpc) is 2.43. The van der Waals surface area contributed by atoms with Crippen LogP contribution in [0.3, 0.4) is 0 Å². The number of thioether (sulfide) groups is 1. The molecule has 0 aliphatic heterocycles. The number of nitrogens with one attached hydrogen (secondary N) is 1. The SMILES string of the molecule is COc1cc([C@H](O)C(CC(C)(C)C)NC(=O)O)ccc1SC. The summed E-state index contributed by atoms with van der Waals surface area (Å²) in [5.74, 6) is 0.675. The summed E-state index contributed by atoms with van der Waals surface area (Å²) in [6.45, 7) is 6.02. The summed E-state index contributed by atoms with van der Waals surface area (Å²) in [6.07, 6.45) is 0.399. The van der Waals surface area contributed by atoms with Crippen LogP contribution in [-0.2, 0) is 0 Å². The number of aliphatic hydroxyl groups excluding tert-OH is 1. The molecule has 22 heavy (non-hydrogen) atoms. The van der Waals surface area contributed by atoms with Gasteiger partial charge in [-0.05, 0) is 35.8 Å². The largest absolute Gasteiger partial charge is 0.496 e. The Kier molecular flexibility index (Phi) is 6.56. The lowest BCUT2D eigenvalue weighted by Crippen LogP contribution is -2.41. The Hall–Kier alpha value is -1.40. The van der Waals surface area contributed by atoms with Crippen molar-refractivity contribution >= 4 is 17.9 Å². The second-order valence-corrected chi connectivity index (χ2v) is 7.23. The highest BCUT2D eigenvalue weighted by Crippen LogP contribution is 2.33. The summed E-state index contributed by atoms with van der Waals surface area (Å²) < 4.78 is 5.32. The summed E-state index contributed by atoms with van der Waals surface area (Å²) in [6, 6.07) is 4.85. The molecule has 3 N–H and O–H groups in total. The number of aliphatic hydroxyl groups is 1. The van der Waals surface area contributed by atoms with Gasteiger partial charge in [-0.15, -0.1) is 11.8 Å². The van der Waals surface area contributed by atoms with E-state index in [0.29, 0.717) is 17.7 Å². The van der Waals surface area contributed by atoms with Gasteiger partial charge in [-0.25, -0.2) is 4.79 Å². The quantitative estimate of drug-likeness (QED) is 0.697. The molecule has 0 saturated heterocycles. The van der Waals surface area contributed by atoms with Crippen LogP contribution < -0.4 is 10.1 Å². The fourth-order valence-corrected chi connectivity index (χ4v) is 2.88. The first-order valence-electron chi connectivity index (χ1n) is 7.07. The van der Waals surface area contributed by atoms with E-state index < -0.39 is 18.2 Å². The molecule has 1 amide bonds. The van der Waals surface area contributed by atoms with Crippen LogP contribution in [0.5, 0.6) is 5.75 Å². The van der Waals surface area contributed by atoms with Gasteiger partial charge < -0.3 is 20.3 Å². The van der Waals surface area contributed by atoms with Gasteiger partial charge in [0.2, 0.25) is 0 Å². The third-order valence-corrected chi connectivity index (χ3v) is 4.05. The van der Waals surface area contributed by atoms with E-state index in [2.05, 4.69) is 5.32 Å². The van der Waals surface area contributed by atoms with Gasteiger partial charge in [0.1, 0.15) is 5.75 Å². The number of ether oxygens (including phenoxy) is 1. The topological polar surface area (TPSA) is 78.8 Å². The highest BCUT2D eigenvalue weighted by molar-refractivity contribution is 7.98. The van der Waals surface area contributed by atoms with Gasteiger partial charge in [-0.1, -0.05) is 26.8 Å². The molecule has 1 rings (SSSR count). The number of carbonyl (C=O) groups is 1. The molecule has 124 valence electrons. The Labute approximate surface area is 136 Å². The molecule has 0 spiro atoms. The van der Waals surface area contributed by atoms with Crippen molar-refractivity contribution in [2.75, 3.05) is 13.4 Å². The number of methoxy groups -OCH3 is 1. The molecule has 5 nitrogen and oxygen atoms in total. The standard InChI is InChI=1S/C16H25NO4S/c1-16(2,3)9-11(17-15(19)20)14(18)10-6-7-13(22-5)12(8-10)21-4/h6-8,11,14,17-18H,9H2,1-5H3,(H,19,20)/t11?,14-/m0/s1. The maximum absolute atomic E-state index is 11.0. The van der Waals surface area contributed by atoms with E-state index >= 15 is 0 Å². The molecule has 1 aromatic rings. The number of hydrogen-bond donors (Lipinski definition) is 3. The first-order chi connectivity index (χ1) is 10.2. The Balaban J connectivity index is 3.06. The average molecular weight is 327 g/mol. The van der Waals surface area contributed by atoms with E-state index in [9.17, 15) is 9.90 Å². The maximum Gasteiger partial charge on any atom is 0.404 e. The zero-order valence-corrected chi connectivity index (χ0v) is 14.5. The van der Waals surface area contributed by atoms with Gasteiger partial charge in [0.15, 0.2) is 0 Å². The van der Waals surface area contributed by atoms with Crippen LogP contribution in [0.15, 0.2) is 23.1 Å². The lowest BCUT2D eigenvalue weighted by molar-refractivity contribution is 0.0989. The predicted octanol–water partition coefficient (Wildman–Crippen LogP) is 3.52. The normalized spacial score (nSPS) is 14.3.